The third-order valence-corrected chi connectivity index (χ3v) is 1.79. The van der Waals surface area contributed by atoms with E-state index in [9.17, 15) is 4.79 Å². The number of hydrogen-bond donors (Lipinski definition) is 1. The average molecular weight is 170 g/mol. The van der Waals surface area contributed by atoms with Crippen molar-refractivity contribution in [3.8, 4) is 0 Å². The Morgan fingerprint density at radius 3 is 3.00 bits per heavy atom. The van der Waals surface area contributed by atoms with Crippen molar-refractivity contribution >= 4 is 11.8 Å². The van der Waals surface area contributed by atoms with Gasteiger partial charge in [0.15, 0.2) is 0 Å². The quantitative estimate of drug-likeness (QED) is 0.718. The molecule has 11 heavy (non-hydrogen) atoms. The third-order valence-electron chi connectivity index (χ3n) is 1.21. The normalized spacial score (nSPS) is 10.0. The number of aromatic nitrogens is 2. The minimum atomic E-state index is -0.0680. The van der Waals surface area contributed by atoms with Crippen LogP contribution in [0.25, 0.3) is 0 Å². The van der Waals surface area contributed by atoms with E-state index in [-0.39, 0.29) is 5.56 Å². The fourth-order valence-corrected chi connectivity index (χ4v) is 1.31. The van der Waals surface area contributed by atoms with Gasteiger partial charge >= 0.3 is 0 Å². The molecule has 4 heteroatoms. The molecule has 60 valence electrons. The monoisotopic (exact) mass is 170 g/mol. The Labute approximate surface area is 69.3 Å². The Morgan fingerprint density at radius 1 is 1.73 bits per heavy atom. The van der Waals surface area contributed by atoms with Crippen LogP contribution in [0.2, 0.25) is 0 Å². The van der Waals surface area contributed by atoms with Crippen LogP contribution in [0, 0.1) is 6.92 Å². The Morgan fingerprint density at radius 2 is 2.45 bits per heavy atom. The molecular weight excluding hydrogens is 160 g/mol. The van der Waals surface area contributed by atoms with Crippen LogP contribution in [0.4, 0.5) is 0 Å². The predicted octanol–water partition coefficient (Wildman–Crippen LogP) is 0.941. The van der Waals surface area contributed by atoms with Crippen molar-refractivity contribution in [2.75, 3.05) is 6.26 Å². The second kappa shape index (κ2) is 3.57. The van der Waals surface area contributed by atoms with Gasteiger partial charge in [-0.1, -0.05) is 0 Å². The minimum Gasteiger partial charge on any atom is -0.311 e. The molecule has 1 rings (SSSR count). The molecule has 1 N–H and O–H groups in total. The number of nitrogens with zero attached hydrogens (tertiary/aromatic N) is 1. The maximum Gasteiger partial charge on any atom is 0.251 e. The second-order valence-electron chi connectivity index (χ2n) is 2.26. The van der Waals surface area contributed by atoms with Crippen LogP contribution < -0.4 is 5.56 Å². The first-order valence-electron chi connectivity index (χ1n) is 3.28. The number of hydrogen-bond acceptors (Lipinski definition) is 3. The molecule has 1 aromatic heterocycles. The van der Waals surface area contributed by atoms with Gasteiger partial charge in [0, 0.05) is 11.8 Å². The number of aryl methyl sites for hydroxylation is 1. The molecule has 0 aliphatic carbocycles. The predicted molar refractivity (Wildman–Crippen MR) is 46.8 cm³/mol. The third kappa shape index (κ3) is 2.38. The van der Waals surface area contributed by atoms with Crippen molar-refractivity contribution in [1.82, 2.24) is 9.97 Å². The Balaban J connectivity index is 2.99. The zero-order chi connectivity index (χ0) is 8.27. The summed E-state index contributed by atoms with van der Waals surface area (Å²) < 4.78 is 0. The van der Waals surface area contributed by atoms with Crippen LogP contribution in [-0.4, -0.2) is 16.2 Å². The summed E-state index contributed by atoms with van der Waals surface area (Å²) in [6.45, 7) is 1.78. The smallest absolute Gasteiger partial charge is 0.251 e. The lowest BCUT2D eigenvalue weighted by atomic mass is 10.4. The van der Waals surface area contributed by atoms with Crippen molar-refractivity contribution in [2.45, 2.75) is 12.7 Å². The summed E-state index contributed by atoms with van der Waals surface area (Å²) >= 11 is 1.66. The highest BCUT2D eigenvalue weighted by atomic mass is 32.2. The van der Waals surface area contributed by atoms with Gasteiger partial charge in [-0.05, 0) is 13.2 Å². The van der Waals surface area contributed by atoms with Crippen molar-refractivity contribution in [3.05, 3.63) is 27.9 Å². The zero-order valence-corrected chi connectivity index (χ0v) is 7.36. The summed E-state index contributed by atoms with van der Waals surface area (Å²) in [5.74, 6) is 1.48. The summed E-state index contributed by atoms with van der Waals surface area (Å²) in [5, 5.41) is 0. The standard InChI is InChI=1S/C7H10N2OS/c1-5-8-6(4-11-2)3-7(10)9-5/h3H,4H2,1-2H3,(H,8,9,10). The molecule has 0 aliphatic heterocycles. The Bertz CT molecular complexity index is 295. The molecule has 0 fully saturated rings. The van der Waals surface area contributed by atoms with Crippen molar-refractivity contribution in [1.29, 1.82) is 0 Å². The first-order valence-corrected chi connectivity index (χ1v) is 4.67. The number of rotatable bonds is 2. The minimum absolute atomic E-state index is 0.0680. The molecule has 1 aromatic rings. The number of H-pyrrole nitrogens is 1. The van der Waals surface area contributed by atoms with Gasteiger partial charge in [0.2, 0.25) is 0 Å². The molecule has 0 amide bonds. The van der Waals surface area contributed by atoms with Crippen molar-refractivity contribution in [2.24, 2.45) is 0 Å². The average Bonchev–Trinajstić information content (AvgIpc) is 1.85. The second-order valence-corrected chi connectivity index (χ2v) is 3.12. The van der Waals surface area contributed by atoms with Crippen LogP contribution >= 0.6 is 11.8 Å². The van der Waals surface area contributed by atoms with E-state index in [1.165, 1.54) is 6.07 Å². The summed E-state index contributed by atoms with van der Waals surface area (Å²) in [5.41, 5.74) is 0.778. The summed E-state index contributed by atoms with van der Waals surface area (Å²) in [6, 6.07) is 1.53. The maximum absolute atomic E-state index is 10.9. The van der Waals surface area contributed by atoms with Crippen LogP contribution in [0.5, 0.6) is 0 Å². The fraction of sp³-hybridized carbons (Fsp3) is 0.429. The molecule has 0 unspecified atom stereocenters. The van der Waals surface area contributed by atoms with Gasteiger partial charge in [0.05, 0.1) is 5.69 Å². The maximum atomic E-state index is 10.9. The van der Waals surface area contributed by atoms with E-state index in [1.807, 2.05) is 6.26 Å². The van der Waals surface area contributed by atoms with Gasteiger partial charge in [-0.25, -0.2) is 4.98 Å². The van der Waals surface area contributed by atoms with Gasteiger partial charge in [-0.2, -0.15) is 11.8 Å². The van der Waals surface area contributed by atoms with E-state index in [0.29, 0.717) is 5.82 Å². The molecule has 0 saturated heterocycles. The topological polar surface area (TPSA) is 45.8 Å². The molecule has 1 heterocycles. The lowest BCUT2D eigenvalue weighted by molar-refractivity contribution is 0.975. The molecule has 0 atom stereocenters. The molecule has 0 aromatic carbocycles. The van der Waals surface area contributed by atoms with Gasteiger partial charge in [0.1, 0.15) is 5.82 Å². The summed E-state index contributed by atoms with van der Waals surface area (Å²) in [4.78, 5) is 17.6. The fourth-order valence-electron chi connectivity index (χ4n) is 0.863. The van der Waals surface area contributed by atoms with E-state index in [4.69, 9.17) is 0 Å². The first-order chi connectivity index (χ1) is 5.22. The van der Waals surface area contributed by atoms with Crippen LogP contribution in [0.15, 0.2) is 10.9 Å². The molecule has 0 bridgehead atoms. The SMILES string of the molecule is CSCc1cc(=O)[nH]c(C)n1. The highest BCUT2D eigenvalue weighted by molar-refractivity contribution is 7.97. The van der Waals surface area contributed by atoms with Gasteiger partial charge < -0.3 is 4.98 Å². The Hall–Kier alpha value is -0.770. The number of thioether (sulfide) groups is 1. The first kappa shape index (κ1) is 8.33. The molecule has 0 spiro atoms. The van der Waals surface area contributed by atoms with Gasteiger partial charge in [0.25, 0.3) is 5.56 Å². The molecule has 3 nitrogen and oxygen atoms in total. The molecule has 0 aliphatic rings. The Kier molecular flexibility index (Phi) is 2.70. The highest BCUT2D eigenvalue weighted by Gasteiger charge is 1.95. The molecule has 0 saturated carbocycles. The van der Waals surface area contributed by atoms with E-state index < -0.39 is 0 Å². The van der Waals surface area contributed by atoms with Crippen LogP contribution in [0.1, 0.15) is 11.5 Å². The van der Waals surface area contributed by atoms with Gasteiger partial charge in [-0.3, -0.25) is 4.79 Å². The van der Waals surface area contributed by atoms with Crippen molar-refractivity contribution in [3.63, 3.8) is 0 Å². The van der Waals surface area contributed by atoms with E-state index in [0.717, 1.165) is 11.4 Å². The lowest BCUT2D eigenvalue weighted by Crippen LogP contribution is -2.09. The van der Waals surface area contributed by atoms with Crippen LogP contribution in [-0.2, 0) is 5.75 Å². The summed E-state index contributed by atoms with van der Waals surface area (Å²) in [6.07, 6.45) is 1.98. The molecular formula is C7H10N2OS. The van der Waals surface area contributed by atoms with Gasteiger partial charge in [-0.15, -0.1) is 0 Å². The number of aromatic amines is 1. The van der Waals surface area contributed by atoms with Crippen LogP contribution in [0.3, 0.4) is 0 Å². The van der Waals surface area contributed by atoms with E-state index in [1.54, 1.807) is 18.7 Å². The summed E-state index contributed by atoms with van der Waals surface area (Å²) in [7, 11) is 0. The molecule has 0 radical (unpaired) electrons. The van der Waals surface area contributed by atoms with Crippen molar-refractivity contribution < 1.29 is 0 Å². The van der Waals surface area contributed by atoms with E-state index >= 15 is 0 Å². The van der Waals surface area contributed by atoms with E-state index in [2.05, 4.69) is 9.97 Å². The number of nitrogens with one attached hydrogen (secondary N) is 1. The largest absolute Gasteiger partial charge is 0.311 e. The highest BCUT2D eigenvalue weighted by Crippen LogP contribution is 2.02. The zero-order valence-electron chi connectivity index (χ0n) is 6.55. The lowest BCUT2D eigenvalue weighted by Gasteiger charge is -1.96.